The monoisotopic (exact) mass is 302 g/mol. The van der Waals surface area contributed by atoms with Gasteiger partial charge in [-0.25, -0.2) is 0 Å². The summed E-state index contributed by atoms with van der Waals surface area (Å²) in [6.07, 6.45) is 0. The van der Waals surface area contributed by atoms with Gasteiger partial charge in [0.05, 0.1) is 16.6 Å². The Labute approximate surface area is 128 Å². The summed E-state index contributed by atoms with van der Waals surface area (Å²) in [5.74, 6) is 0.0272. The fourth-order valence-corrected chi connectivity index (χ4v) is 2.89. The molecule has 1 unspecified atom stereocenters. The summed E-state index contributed by atoms with van der Waals surface area (Å²) in [5, 5.41) is 9.16. The van der Waals surface area contributed by atoms with Crippen LogP contribution in [0.4, 0.5) is 0 Å². The number of H-pyrrole nitrogens is 1. The van der Waals surface area contributed by atoms with Crippen molar-refractivity contribution in [2.45, 2.75) is 26.8 Å². The van der Waals surface area contributed by atoms with Crippen LogP contribution in [0.2, 0.25) is 0 Å². The van der Waals surface area contributed by atoms with Gasteiger partial charge >= 0.3 is 0 Å². The lowest BCUT2D eigenvalue weighted by Crippen LogP contribution is -2.36. The number of nitrogens with zero attached hydrogens (tertiary/aromatic N) is 3. The number of hydrogen-bond acceptors (Lipinski definition) is 3. The predicted molar refractivity (Wildman–Crippen MR) is 84.5 cm³/mol. The van der Waals surface area contributed by atoms with Gasteiger partial charge in [0.25, 0.3) is 0 Å². The van der Waals surface area contributed by atoms with Crippen LogP contribution in [0.1, 0.15) is 32.4 Å². The average molecular weight is 302 g/mol. The first-order valence-electron chi connectivity index (χ1n) is 6.97. The number of rotatable bonds is 4. The Balaban J connectivity index is 2.57. The van der Waals surface area contributed by atoms with E-state index in [9.17, 15) is 4.79 Å². The molecule has 110 valence electrons. The standard InChI is InChI=1S/C15H18N4OS/c1-4-18(5-2)14(20)10(3)19-12-8-6-7-11(9-16)13(12)17-15(19)21/h6-8,10H,4-5H2,1-3H3,(H,17,21). The van der Waals surface area contributed by atoms with Gasteiger partial charge in [-0.1, -0.05) is 6.07 Å². The van der Waals surface area contributed by atoms with E-state index in [0.29, 0.717) is 28.9 Å². The number of hydrogen-bond donors (Lipinski definition) is 1. The quantitative estimate of drug-likeness (QED) is 0.883. The van der Waals surface area contributed by atoms with Gasteiger partial charge in [0.15, 0.2) is 4.77 Å². The van der Waals surface area contributed by atoms with Crippen LogP contribution in [0.15, 0.2) is 18.2 Å². The molecule has 0 bridgehead atoms. The number of imidazole rings is 1. The second kappa shape index (κ2) is 6.10. The number of carbonyl (C=O) groups is 1. The molecular formula is C15H18N4OS. The molecule has 2 aromatic rings. The maximum Gasteiger partial charge on any atom is 0.245 e. The molecule has 1 N–H and O–H groups in total. The number of aromatic amines is 1. The third-order valence-electron chi connectivity index (χ3n) is 3.69. The van der Waals surface area contributed by atoms with Crippen molar-refractivity contribution >= 4 is 29.2 Å². The van der Waals surface area contributed by atoms with E-state index in [1.54, 1.807) is 21.6 Å². The second-order valence-electron chi connectivity index (χ2n) is 4.80. The van der Waals surface area contributed by atoms with Crippen LogP contribution < -0.4 is 0 Å². The maximum atomic E-state index is 12.5. The van der Waals surface area contributed by atoms with E-state index in [4.69, 9.17) is 17.5 Å². The number of fused-ring (bicyclic) bond motifs is 1. The molecule has 0 spiro atoms. The number of carbonyl (C=O) groups excluding carboxylic acids is 1. The lowest BCUT2D eigenvalue weighted by molar-refractivity contribution is -0.133. The molecule has 21 heavy (non-hydrogen) atoms. The number of amides is 1. The normalized spacial score (nSPS) is 12.1. The highest BCUT2D eigenvalue weighted by atomic mass is 32.1. The van der Waals surface area contributed by atoms with Gasteiger partial charge in [0.2, 0.25) is 5.91 Å². The van der Waals surface area contributed by atoms with E-state index >= 15 is 0 Å². The highest BCUT2D eigenvalue weighted by molar-refractivity contribution is 7.71. The van der Waals surface area contributed by atoms with E-state index in [0.717, 1.165) is 5.52 Å². The minimum Gasteiger partial charge on any atom is -0.341 e. The number of para-hydroxylation sites is 1. The molecular weight excluding hydrogens is 284 g/mol. The molecule has 2 rings (SSSR count). The molecule has 0 radical (unpaired) electrons. The van der Waals surface area contributed by atoms with Crippen LogP contribution in [-0.2, 0) is 4.79 Å². The zero-order valence-electron chi connectivity index (χ0n) is 12.4. The fraction of sp³-hybridized carbons (Fsp3) is 0.400. The molecule has 6 heteroatoms. The molecule has 0 saturated heterocycles. The van der Waals surface area contributed by atoms with Crippen molar-refractivity contribution < 1.29 is 4.79 Å². The summed E-state index contributed by atoms with van der Waals surface area (Å²) in [7, 11) is 0. The molecule has 0 fully saturated rings. The van der Waals surface area contributed by atoms with Crippen LogP contribution in [0.25, 0.3) is 11.0 Å². The summed E-state index contributed by atoms with van der Waals surface area (Å²) < 4.78 is 2.24. The third kappa shape index (κ3) is 2.57. The zero-order chi connectivity index (χ0) is 15.6. The Hall–Kier alpha value is -2.13. The molecule has 5 nitrogen and oxygen atoms in total. The minimum atomic E-state index is -0.403. The molecule has 1 atom stereocenters. The van der Waals surface area contributed by atoms with Crippen molar-refractivity contribution in [2.24, 2.45) is 0 Å². The van der Waals surface area contributed by atoms with Crippen molar-refractivity contribution in [3.8, 4) is 6.07 Å². The maximum absolute atomic E-state index is 12.5. The molecule has 1 amide bonds. The Morgan fingerprint density at radius 2 is 2.14 bits per heavy atom. The first-order valence-corrected chi connectivity index (χ1v) is 7.38. The van der Waals surface area contributed by atoms with Gasteiger partial charge in [-0.3, -0.25) is 4.79 Å². The highest BCUT2D eigenvalue weighted by Gasteiger charge is 2.22. The van der Waals surface area contributed by atoms with Gasteiger partial charge in [-0.05, 0) is 45.1 Å². The van der Waals surface area contributed by atoms with E-state index < -0.39 is 6.04 Å². The van der Waals surface area contributed by atoms with Crippen LogP contribution in [0.3, 0.4) is 0 Å². The largest absolute Gasteiger partial charge is 0.341 e. The van der Waals surface area contributed by atoms with Gasteiger partial charge in [-0.15, -0.1) is 0 Å². The molecule has 1 aromatic carbocycles. The van der Waals surface area contributed by atoms with Crippen molar-refractivity contribution in [3.63, 3.8) is 0 Å². The summed E-state index contributed by atoms with van der Waals surface area (Å²) in [4.78, 5) is 17.4. The zero-order valence-corrected chi connectivity index (χ0v) is 13.2. The van der Waals surface area contributed by atoms with Gasteiger partial charge in [0.1, 0.15) is 12.1 Å². The smallest absolute Gasteiger partial charge is 0.245 e. The Morgan fingerprint density at radius 3 is 2.71 bits per heavy atom. The first-order chi connectivity index (χ1) is 10.0. The second-order valence-corrected chi connectivity index (χ2v) is 5.18. The van der Waals surface area contributed by atoms with E-state index in [1.807, 2.05) is 26.8 Å². The van der Waals surface area contributed by atoms with E-state index in [1.165, 1.54) is 0 Å². The summed E-state index contributed by atoms with van der Waals surface area (Å²) in [5.41, 5.74) is 2.00. The summed E-state index contributed by atoms with van der Waals surface area (Å²) >= 11 is 5.34. The summed E-state index contributed by atoms with van der Waals surface area (Å²) in [6.45, 7) is 7.08. The SMILES string of the molecule is CCN(CC)C(=O)C(C)n1c(=S)[nH]c2c(C#N)cccc21. The van der Waals surface area contributed by atoms with Crippen molar-refractivity contribution in [1.82, 2.24) is 14.5 Å². The van der Waals surface area contributed by atoms with Crippen LogP contribution in [0, 0.1) is 16.1 Å². The number of nitrogens with one attached hydrogen (secondary N) is 1. The topological polar surface area (TPSA) is 64.8 Å². The Kier molecular flexibility index (Phi) is 4.43. The Bertz CT molecular complexity index is 764. The van der Waals surface area contributed by atoms with Gasteiger partial charge in [0, 0.05) is 13.1 Å². The summed E-state index contributed by atoms with van der Waals surface area (Å²) in [6, 6.07) is 7.14. The number of nitriles is 1. The van der Waals surface area contributed by atoms with Crippen LogP contribution in [0.5, 0.6) is 0 Å². The molecule has 0 aliphatic carbocycles. The highest BCUT2D eigenvalue weighted by Crippen LogP contribution is 2.23. The lowest BCUT2D eigenvalue weighted by Gasteiger charge is -2.24. The molecule has 0 aliphatic rings. The lowest BCUT2D eigenvalue weighted by atomic mass is 10.2. The fourth-order valence-electron chi connectivity index (χ4n) is 2.54. The number of likely N-dealkylation sites (N-methyl/N-ethyl adjacent to an activating group) is 1. The molecule has 1 aromatic heterocycles. The van der Waals surface area contributed by atoms with Crippen molar-refractivity contribution in [3.05, 3.63) is 28.5 Å². The number of benzene rings is 1. The van der Waals surface area contributed by atoms with E-state index in [-0.39, 0.29) is 5.91 Å². The van der Waals surface area contributed by atoms with Gasteiger partial charge in [-0.2, -0.15) is 5.26 Å². The van der Waals surface area contributed by atoms with Gasteiger partial charge < -0.3 is 14.5 Å². The average Bonchev–Trinajstić information content (AvgIpc) is 2.83. The van der Waals surface area contributed by atoms with Crippen molar-refractivity contribution in [2.75, 3.05) is 13.1 Å². The van der Waals surface area contributed by atoms with E-state index in [2.05, 4.69) is 11.1 Å². The predicted octanol–water partition coefficient (Wildman–Crippen LogP) is 3.00. The van der Waals surface area contributed by atoms with Crippen molar-refractivity contribution in [1.29, 1.82) is 5.26 Å². The molecule has 1 heterocycles. The van der Waals surface area contributed by atoms with Crippen LogP contribution in [-0.4, -0.2) is 33.4 Å². The minimum absolute atomic E-state index is 0.0272. The molecule has 0 saturated carbocycles. The molecule has 0 aliphatic heterocycles. The first kappa shape index (κ1) is 15.3. The van der Waals surface area contributed by atoms with Crippen LogP contribution >= 0.6 is 12.2 Å². The third-order valence-corrected chi connectivity index (χ3v) is 3.99. The number of aromatic nitrogens is 2. The Morgan fingerprint density at radius 1 is 1.48 bits per heavy atom.